The zero-order valence-corrected chi connectivity index (χ0v) is 10.2. The molecule has 5 nitrogen and oxygen atoms in total. The van der Waals surface area contributed by atoms with Crippen LogP contribution in [-0.2, 0) is 16.9 Å². The van der Waals surface area contributed by atoms with E-state index < -0.39 is 0 Å². The standard InChI is InChI=1S/C12H19N3O2/c1-3-7-13-9-10-14-11(15-17-10)12(2)6-4-5-8-16-12/h3,13H,1,4-9H2,2H3. The van der Waals surface area contributed by atoms with E-state index in [0.29, 0.717) is 18.3 Å². The summed E-state index contributed by atoms with van der Waals surface area (Å²) in [6.07, 6.45) is 5.01. The topological polar surface area (TPSA) is 60.2 Å². The molecule has 0 amide bonds. The maximum absolute atomic E-state index is 5.77. The van der Waals surface area contributed by atoms with Gasteiger partial charge in [-0.15, -0.1) is 6.58 Å². The molecule has 94 valence electrons. The van der Waals surface area contributed by atoms with Gasteiger partial charge in [-0.1, -0.05) is 11.2 Å². The molecule has 5 heteroatoms. The Kier molecular flexibility index (Phi) is 3.91. The third-order valence-corrected chi connectivity index (χ3v) is 2.97. The molecular weight excluding hydrogens is 218 g/mol. The Balaban J connectivity index is 1.98. The third kappa shape index (κ3) is 2.92. The van der Waals surface area contributed by atoms with Gasteiger partial charge in [-0.3, -0.25) is 0 Å². The molecule has 1 unspecified atom stereocenters. The molecule has 1 N–H and O–H groups in total. The molecule has 1 fully saturated rings. The van der Waals surface area contributed by atoms with Crippen LogP contribution < -0.4 is 5.32 Å². The summed E-state index contributed by atoms with van der Waals surface area (Å²) in [5.74, 6) is 1.25. The Morgan fingerprint density at radius 1 is 1.53 bits per heavy atom. The predicted molar refractivity (Wildman–Crippen MR) is 63.4 cm³/mol. The first-order valence-electron chi connectivity index (χ1n) is 6.03. The number of nitrogens with zero attached hydrogens (tertiary/aromatic N) is 2. The van der Waals surface area contributed by atoms with Crippen LogP contribution in [0.15, 0.2) is 17.2 Å². The fraction of sp³-hybridized carbons (Fsp3) is 0.667. The Morgan fingerprint density at radius 3 is 3.12 bits per heavy atom. The molecule has 0 spiro atoms. The van der Waals surface area contributed by atoms with Gasteiger partial charge in [0.1, 0.15) is 5.60 Å². The van der Waals surface area contributed by atoms with Crippen molar-refractivity contribution < 1.29 is 9.26 Å². The number of rotatable bonds is 5. The average Bonchev–Trinajstić information content (AvgIpc) is 2.80. The highest BCUT2D eigenvalue weighted by Gasteiger charge is 2.34. The molecule has 1 aliphatic rings. The normalized spacial score (nSPS) is 24.8. The van der Waals surface area contributed by atoms with Crippen molar-refractivity contribution in [2.45, 2.75) is 38.3 Å². The van der Waals surface area contributed by atoms with Crippen molar-refractivity contribution in [3.05, 3.63) is 24.4 Å². The zero-order valence-electron chi connectivity index (χ0n) is 10.2. The van der Waals surface area contributed by atoms with Gasteiger partial charge in [0.2, 0.25) is 11.7 Å². The SMILES string of the molecule is C=CCNCc1nc(C2(C)CCCCO2)no1. The van der Waals surface area contributed by atoms with Gasteiger partial charge in [0, 0.05) is 13.2 Å². The van der Waals surface area contributed by atoms with E-state index in [2.05, 4.69) is 22.0 Å². The lowest BCUT2D eigenvalue weighted by Gasteiger charge is -2.30. The minimum Gasteiger partial charge on any atom is -0.367 e. The van der Waals surface area contributed by atoms with Crippen LogP contribution >= 0.6 is 0 Å². The first kappa shape index (κ1) is 12.3. The number of ether oxygens (including phenoxy) is 1. The molecule has 0 radical (unpaired) electrons. The third-order valence-electron chi connectivity index (χ3n) is 2.97. The van der Waals surface area contributed by atoms with Gasteiger partial charge in [0.25, 0.3) is 0 Å². The highest BCUT2D eigenvalue weighted by atomic mass is 16.5. The van der Waals surface area contributed by atoms with E-state index in [0.717, 1.165) is 32.4 Å². The highest BCUT2D eigenvalue weighted by molar-refractivity contribution is 5.00. The van der Waals surface area contributed by atoms with E-state index >= 15 is 0 Å². The summed E-state index contributed by atoms with van der Waals surface area (Å²) in [6, 6.07) is 0. The fourth-order valence-electron chi connectivity index (χ4n) is 1.93. The van der Waals surface area contributed by atoms with E-state index in [-0.39, 0.29) is 5.60 Å². The highest BCUT2D eigenvalue weighted by Crippen LogP contribution is 2.32. The Hall–Kier alpha value is -1.20. The second-order valence-corrected chi connectivity index (χ2v) is 4.47. The van der Waals surface area contributed by atoms with Gasteiger partial charge in [-0.2, -0.15) is 4.98 Å². The van der Waals surface area contributed by atoms with Crippen molar-refractivity contribution in [1.82, 2.24) is 15.5 Å². The zero-order chi connectivity index (χ0) is 12.1. The van der Waals surface area contributed by atoms with Crippen LogP contribution in [0.1, 0.15) is 37.9 Å². The van der Waals surface area contributed by atoms with Gasteiger partial charge in [-0.25, -0.2) is 0 Å². The smallest absolute Gasteiger partial charge is 0.240 e. The molecule has 1 aliphatic heterocycles. The lowest BCUT2D eigenvalue weighted by Crippen LogP contribution is -2.31. The molecule has 1 saturated heterocycles. The average molecular weight is 237 g/mol. The first-order valence-corrected chi connectivity index (χ1v) is 6.03. The van der Waals surface area contributed by atoms with Gasteiger partial charge in [-0.05, 0) is 26.2 Å². The van der Waals surface area contributed by atoms with E-state index in [1.807, 2.05) is 6.92 Å². The minimum atomic E-state index is -0.377. The maximum atomic E-state index is 5.77. The quantitative estimate of drug-likeness (QED) is 0.624. The van der Waals surface area contributed by atoms with Crippen LogP contribution in [-0.4, -0.2) is 23.3 Å². The molecule has 1 aromatic heterocycles. The van der Waals surface area contributed by atoms with Crippen molar-refractivity contribution in [3.8, 4) is 0 Å². The van der Waals surface area contributed by atoms with Crippen LogP contribution in [0.5, 0.6) is 0 Å². The number of nitrogens with one attached hydrogen (secondary N) is 1. The predicted octanol–water partition coefficient (Wildman–Crippen LogP) is 1.76. The summed E-state index contributed by atoms with van der Waals surface area (Å²) in [5.41, 5.74) is -0.377. The summed E-state index contributed by atoms with van der Waals surface area (Å²) in [6.45, 7) is 7.72. The molecule has 1 aromatic rings. The molecule has 2 rings (SSSR count). The van der Waals surface area contributed by atoms with E-state index in [1.54, 1.807) is 6.08 Å². The van der Waals surface area contributed by atoms with E-state index in [9.17, 15) is 0 Å². The molecule has 1 atom stereocenters. The fourth-order valence-corrected chi connectivity index (χ4v) is 1.93. The van der Waals surface area contributed by atoms with Gasteiger partial charge >= 0.3 is 0 Å². The molecule has 0 saturated carbocycles. The second-order valence-electron chi connectivity index (χ2n) is 4.47. The van der Waals surface area contributed by atoms with Crippen LogP contribution in [0.4, 0.5) is 0 Å². The van der Waals surface area contributed by atoms with Crippen molar-refractivity contribution in [3.63, 3.8) is 0 Å². The summed E-state index contributed by atoms with van der Waals surface area (Å²) in [4.78, 5) is 4.38. The lowest BCUT2D eigenvalue weighted by atomic mass is 9.95. The molecule has 0 aromatic carbocycles. The van der Waals surface area contributed by atoms with Crippen molar-refractivity contribution >= 4 is 0 Å². The van der Waals surface area contributed by atoms with Gasteiger partial charge in [0.05, 0.1) is 6.54 Å². The van der Waals surface area contributed by atoms with Crippen molar-refractivity contribution in [2.24, 2.45) is 0 Å². The van der Waals surface area contributed by atoms with E-state index in [4.69, 9.17) is 9.26 Å². The van der Waals surface area contributed by atoms with Crippen LogP contribution in [0, 0.1) is 0 Å². The molecular formula is C12H19N3O2. The monoisotopic (exact) mass is 237 g/mol. The Labute approximate surface area is 101 Å². The number of aromatic nitrogens is 2. The largest absolute Gasteiger partial charge is 0.367 e. The molecule has 2 heterocycles. The number of hydrogen-bond donors (Lipinski definition) is 1. The minimum absolute atomic E-state index is 0.377. The van der Waals surface area contributed by atoms with Crippen LogP contribution in [0.3, 0.4) is 0 Å². The summed E-state index contributed by atoms with van der Waals surface area (Å²) in [7, 11) is 0. The van der Waals surface area contributed by atoms with Crippen LogP contribution in [0.25, 0.3) is 0 Å². The maximum Gasteiger partial charge on any atom is 0.240 e. The van der Waals surface area contributed by atoms with Gasteiger partial charge < -0.3 is 14.6 Å². The van der Waals surface area contributed by atoms with Crippen molar-refractivity contribution in [2.75, 3.05) is 13.2 Å². The lowest BCUT2D eigenvalue weighted by molar-refractivity contribution is -0.0770. The van der Waals surface area contributed by atoms with E-state index in [1.165, 1.54) is 0 Å². The molecule has 0 bridgehead atoms. The Morgan fingerprint density at radius 2 is 2.41 bits per heavy atom. The summed E-state index contributed by atoms with van der Waals surface area (Å²) < 4.78 is 11.0. The summed E-state index contributed by atoms with van der Waals surface area (Å²) in [5, 5.41) is 7.14. The molecule has 0 aliphatic carbocycles. The van der Waals surface area contributed by atoms with Crippen molar-refractivity contribution in [1.29, 1.82) is 0 Å². The van der Waals surface area contributed by atoms with Gasteiger partial charge in [0.15, 0.2) is 0 Å². The number of hydrogen-bond acceptors (Lipinski definition) is 5. The first-order chi connectivity index (χ1) is 8.24. The Bertz CT molecular complexity index is 370. The second kappa shape index (κ2) is 5.42. The molecule has 17 heavy (non-hydrogen) atoms. The summed E-state index contributed by atoms with van der Waals surface area (Å²) >= 11 is 0. The van der Waals surface area contributed by atoms with Crippen LogP contribution in [0.2, 0.25) is 0 Å².